The van der Waals surface area contributed by atoms with Crippen LogP contribution in [0.2, 0.25) is 0 Å². The Kier molecular flexibility index (Phi) is 3.51. The third-order valence-corrected chi connectivity index (χ3v) is 4.99. The van der Waals surface area contributed by atoms with Crippen LogP contribution >= 0.6 is 0 Å². The first-order valence-corrected chi connectivity index (χ1v) is 8.83. The van der Waals surface area contributed by atoms with Gasteiger partial charge in [-0.25, -0.2) is 4.98 Å². The first-order chi connectivity index (χ1) is 12.8. The highest BCUT2D eigenvalue weighted by molar-refractivity contribution is 5.92. The predicted octanol–water partition coefficient (Wildman–Crippen LogP) is 3.07. The summed E-state index contributed by atoms with van der Waals surface area (Å²) < 4.78 is 10.8. The van der Waals surface area contributed by atoms with Crippen molar-refractivity contribution in [2.24, 2.45) is 0 Å². The van der Waals surface area contributed by atoms with Crippen LogP contribution in [0.1, 0.15) is 25.7 Å². The lowest BCUT2D eigenvalue weighted by Gasteiger charge is -2.13. The molecule has 0 bridgehead atoms. The van der Waals surface area contributed by atoms with Crippen molar-refractivity contribution in [2.45, 2.75) is 31.7 Å². The van der Waals surface area contributed by atoms with Crippen molar-refractivity contribution >= 4 is 17.0 Å². The molecule has 0 atom stereocenters. The fraction of sp³-hybridized carbons (Fsp3) is 0.316. The van der Waals surface area contributed by atoms with E-state index >= 15 is 0 Å². The van der Waals surface area contributed by atoms with Gasteiger partial charge in [-0.15, -0.1) is 0 Å². The average molecular weight is 350 g/mol. The van der Waals surface area contributed by atoms with Gasteiger partial charge in [0.15, 0.2) is 17.1 Å². The van der Waals surface area contributed by atoms with Crippen LogP contribution in [0.4, 0.5) is 5.95 Å². The number of pyridine rings is 1. The van der Waals surface area contributed by atoms with Crippen LogP contribution in [0.3, 0.4) is 0 Å². The molecule has 26 heavy (non-hydrogen) atoms. The molecule has 0 radical (unpaired) electrons. The van der Waals surface area contributed by atoms with E-state index in [0.29, 0.717) is 34.5 Å². The van der Waals surface area contributed by atoms with Crippen molar-refractivity contribution in [1.82, 2.24) is 15.0 Å². The Hall–Kier alpha value is -3.09. The molecule has 0 amide bonds. The first-order valence-electron chi connectivity index (χ1n) is 8.83. The van der Waals surface area contributed by atoms with E-state index in [4.69, 9.17) is 9.47 Å². The molecule has 1 saturated carbocycles. The summed E-state index contributed by atoms with van der Waals surface area (Å²) in [5.41, 5.74) is 1.88. The molecule has 2 N–H and O–H groups in total. The van der Waals surface area contributed by atoms with Crippen LogP contribution in [-0.4, -0.2) is 27.8 Å². The van der Waals surface area contributed by atoms with Crippen molar-refractivity contribution in [3.63, 3.8) is 0 Å². The number of nitrogens with zero attached hydrogens (tertiary/aromatic N) is 2. The summed E-state index contributed by atoms with van der Waals surface area (Å²) in [6.45, 7) is 0.216. The summed E-state index contributed by atoms with van der Waals surface area (Å²) >= 11 is 0. The van der Waals surface area contributed by atoms with E-state index in [9.17, 15) is 4.79 Å². The highest BCUT2D eigenvalue weighted by Crippen LogP contribution is 2.37. The van der Waals surface area contributed by atoms with E-state index in [1.54, 1.807) is 6.20 Å². The number of benzene rings is 1. The van der Waals surface area contributed by atoms with E-state index in [2.05, 4.69) is 20.3 Å². The second-order valence-corrected chi connectivity index (χ2v) is 6.67. The summed E-state index contributed by atoms with van der Waals surface area (Å²) in [6, 6.07) is 7.82. The van der Waals surface area contributed by atoms with Gasteiger partial charge in [0.1, 0.15) is 0 Å². The van der Waals surface area contributed by atoms with Gasteiger partial charge in [0.2, 0.25) is 12.7 Å². The molecule has 7 nitrogen and oxygen atoms in total. The Morgan fingerprint density at radius 3 is 2.85 bits per heavy atom. The van der Waals surface area contributed by atoms with Gasteiger partial charge in [0, 0.05) is 12.2 Å². The highest BCUT2D eigenvalue weighted by Gasteiger charge is 2.19. The van der Waals surface area contributed by atoms with Gasteiger partial charge in [-0.2, -0.15) is 4.98 Å². The number of aromatic nitrogens is 3. The Bertz CT molecular complexity index is 1040. The van der Waals surface area contributed by atoms with E-state index in [1.165, 1.54) is 12.8 Å². The fourth-order valence-corrected chi connectivity index (χ4v) is 3.70. The molecular formula is C19H18N4O3. The van der Waals surface area contributed by atoms with Gasteiger partial charge < -0.3 is 14.8 Å². The molecule has 2 aliphatic rings. The van der Waals surface area contributed by atoms with Crippen LogP contribution in [0.25, 0.3) is 22.2 Å². The predicted molar refractivity (Wildman–Crippen MR) is 97.6 cm³/mol. The summed E-state index contributed by atoms with van der Waals surface area (Å²) in [5, 5.41) is 3.80. The first kappa shape index (κ1) is 15.2. The minimum Gasteiger partial charge on any atom is -0.454 e. The zero-order chi connectivity index (χ0) is 17.5. The van der Waals surface area contributed by atoms with Gasteiger partial charge in [0.05, 0.1) is 5.39 Å². The van der Waals surface area contributed by atoms with Crippen molar-refractivity contribution in [3.8, 4) is 22.6 Å². The third-order valence-electron chi connectivity index (χ3n) is 4.99. The Labute approximate surface area is 149 Å². The molecule has 0 unspecified atom stereocenters. The number of hydrogen-bond donors (Lipinski definition) is 2. The Morgan fingerprint density at radius 1 is 1.12 bits per heavy atom. The number of H-pyrrole nitrogens is 1. The zero-order valence-electron chi connectivity index (χ0n) is 14.1. The van der Waals surface area contributed by atoms with E-state index in [1.807, 2.05) is 24.3 Å². The van der Waals surface area contributed by atoms with E-state index < -0.39 is 0 Å². The number of rotatable bonds is 3. The molecule has 1 aromatic carbocycles. The number of nitrogens with one attached hydrogen (secondary N) is 2. The molecule has 7 heteroatoms. The van der Waals surface area contributed by atoms with Gasteiger partial charge in [-0.3, -0.25) is 9.78 Å². The van der Waals surface area contributed by atoms with Crippen LogP contribution in [0, 0.1) is 0 Å². The molecule has 3 heterocycles. The minimum absolute atomic E-state index is 0.198. The minimum atomic E-state index is -0.198. The standard InChI is InChI=1S/C19H18N4O3/c24-18-16-13(11-5-6-14-15(9-11)26-10-25-14)7-8-20-17(16)22-19(23-18)21-12-3-1-2-4-12/h5-9,12H,1-4,10H2,(H2,20,21,22,23,24). The fourth-order valence-electron chi connectivity index (χ4n) is 3.70. The molecule has 1 aliphatic carbocycles. The molecule has 0 saturated heterocycles. The lowest BCUT2D eigenvalue weighted by atomic mass is 10.0. The van der Waals surface area contributed by atoms with Crippen LogP contribution in [0.5, 0.6) is 11.5 Å². The van der Waals surface area contributed by atoms with Gasteiger partial charge in [-0.1, -0.05) is 18.9 Å². The Morgan fingerprint density at radius 2 is 1.96 bits per heavy atom. The van der Waals surface area contributed by atoms with Crippen molar-refractivity contribution < 1.29 is 9.47 Å². The third kappa shape index (κ3) is 2.56. The number of fused-ring (bicyclic) bond motifs is 2. The van der Waals surface area contributed by atoms with Gasteiger partial charge >= 0.3 is 0 Å². The molecule has 1 aliphatic heterocycles. The van der Waals surface area contributed by atoms with E-state index in [-0.39, 0.29) is 12.4 Å². The van der Waals surface area contributed by atoms with Crippen LogP contribution in [-0.2, 0) is 0 Å². The zero-order valence-corrected chi connectivity index (χ0v) is 14.1. The molecule has 1 fully saturated rings. The summed E-state index contributed by atoms with van der Waals surface area (Å²) in [6.07, 6.45) is 6.30. The van der Waals surface area contributed by atoms with Crippen molar-refractivity contribution in [2.75, 3.05) is 12.1 Å². The summed E-state index contributed by atoms with van der Waals surface area (Å²) in [4.78, 5) is 24.5. The molecule has 3 aromatic rings. The second kappa shape index (κ2) is 6.01. The largest absolute Gasteiger partial charge is 0.454 e. The normalized spacial score (nSPS) is 16.3. The highest BCUT2D eigenvalue weighted by atomic mass is 16.7. The number of anilines is 1. The smallest absolute Gasteiger partial charge is 0.262 e. The summed E-state index contributed by atoms with van der Waals surface area (Å²) in [5.74, 6) is 1.88. The lowest BCUT2D eigenvalue weighted by Crippen LogP contribution is -2.20. The van der Waals surface area contributed by atoms with Gasteiger partial charge in [0.25, 0.3) is 5.56 Å². The average Bonchev–Trinajstić information content (AvgIpc) is 3.32. The number of ether oxygens (including phenoxy) is 2. The van der Waals surface area contributed by atoms with Crippen molar-refractivity contribution in [3.05, 3.63) is 40.8 Å². The van der Waals surface area contributed by atoms with Crippen LogP contribution in [0.15, 0.2) is 35.3 Å². The van der Waals surface area contributed by atoms with Gasteiger partial charge in [-0.05, 0) is 42.2 Å². The quantitative estimate of drug-likeness (QED) is 0.755. The molecular weight excluding hydrogens is 332 g/mol. The molecule has 132 valence electrons. The van der Waals surface area contributed by atoms with Crippen LogP contribution < -0.4 is 20.3 Å². The maximum Gasteiger partial charge on any atom is 0.262 e. The number of aromatic amines is 1. The summed E-state index contributed by atoms with van der Waals surface area (Å²) in [7, 11) is 0. The lowest BCUT2D eigenvalue weighted by molar-refractivity contribution is 0.174. The monoisotopic (exact) mass is 350 g/mol. The Balaban J connectivity index is 1.59. The second-order valence-electron chi connectivity index (χ2n) is 6.67. The topological polar surface area (TPSA) is 89.1 Å². The van der Waals surface area contributed by atoms with Crippen molar-refractivity contribution in [1.29, 1.82) is 0 Å². The maximum absolute atomic E-state index is 12.8. The van der Waals surface area contributed by atoms with E-state index in [0.717, 1.165) is 24.0 Å². The molecule has 5 rings (SSSR count). The SMILES string of the molecule is O=c1[nH]c(NC2CCCC2)nc2nccc(-c3ccc4c(c3)OCO4)c12. The maximum atomic E-state index is 12.8. The number of hydrogen-bond acceptors (Lipinski definition) is 6. The molecule has 2 aromatic heterocycles. The molecule has 0 spiro atoms.